The average Bonchev–Trinajstić information content (AvgIpc) is 2.64. The van der Waals surface area contributed by atoms with Crippen LogP contribution in [0.4, 0.5) is 11.5 Å². The minimum atomic E-state index is -0.539. The highest BCUT2D eigenvalue weighted by molar-refractivity contribution is 9.10. The molecule has 1 aromatic carbocycles. The lowest BCUT2D eigenvalue weighted by atomic mass is 10.1. The SMILES string of the molecule is Cc1ccc(Cn2ncc([N+](=O)[O-])c2N)c(Br)c1. The van der Waals surface area contributed by atoms with Gasteiger partial charge in [0.25, 0.3) is 0 Å². The molecule has 0 aliphatic carbocycles. The Hall–Kier alpha value is -1.89. The molecule has 0 aliphatic heterocycles. The van der Waals surface area contributed by atoms with Gasteiger partial charge in [-0.15, -0.1) is 0 Å². The van der Waals surface area contributed by atoms with Crippen LogP contribution < -0.4 is 5.73 Å². The lowest BCUT2D eigenvalue weighted by Gasteiger charge is -2.06. The van der Waals surface area contributed by atoms with Gasteiger partial charge in [0, 0.05) is 4.47 Å². The summed E-state index contributed by atoms with van der Waals surface area (Å²) in [5, 5.41) is 14.6. The maximum absolute atomic E-state index is 10.7. The minimum absolute atomic E-state index is 0.0625. The first-order valence-electron chi connectivity index (χ1n) is 5.19. The van der Waals surface area contributed by atoms with E-state index in [1.54, 1.807) is 0 Å². The van der Waals surface area contributed by atoms with Crippen LogP contribution >= 0.6 is 15.9 Å². The van der Waals surface area contributed by atoms with Gasteiger partial charge >= 0.3 is 5.69 Å². The first kappa shape index (κ1) is 12.6. The highest BCUT2D eigenvalue weighted by Gasteiger charge is 2.17. The summed E-state index contributed by atoms with van der Waals surface area (Å²) in [6, 6.07) is 5.88. The molecule has 0 radical (unpaired) electrons. The maximum Gasteiger partial charge on any atom is 0.330 e. The second kappa shape index (κ2) is 4.77. The van der Waals surface area contributed by atoms with E-state index < -0.39 is 4.92 Å². The number of hydrogen-bond acceptors (Lipinski definition) is 4. The Kier molecular flexibility index (Phi) is 3.33. The van der Waals surface area contributed by atoms with Crippen molar-refractivity contribution in [3.8, 4) is 0 Å². The quantitative estimate of drug-likeness (QED) is 0.697. The number of benzene rings is 1. The largest absolute Gasteiger partial charge is 0.378 e. The van der Waals surface area contributed by atoms with Gasteiger partial charge in [-0.3, -0.25) is 10.1 Å². The summed E-state index contributed by atoms with van der Waals surface area (Å²) in [5.74, 6) is 0.0625. The summed E-state index contributed by atoms with van der Waals surface area (Å²) in [5.41, 5.74) is 7.60. The summed E-state index contributed by atoms with van der Waals surface area (Å²) in [4.78, 5) is 10.1. The van der Waals surface area contributed by atoms with Crippen LogP contribution in [0.15, 0.2) is 28.9 Å². The van der Waals surface area contributed by atoms with E-state index in [0.29, 0.717) is 6.54 Å². The van der Waals surface area contributed by atoms with Crippen LogP contribution in [0.1, 0.15) is 11.1 Å². The zero-order valence-corrected chi connectivity index (χ0v) is 11.2. The van der Waals surface area contributed by atoms with E-state index in [1.807, 2.05) is 25.1 Å². The Morgan fingerprint density at radius 1 is 1.56 bits per heavy atom. The molecule has 1 aromatic heterocycles. The molecule has 2 N–H and O–H groups in total. The van der Waals surface area contributed by atoms with Crippen LogP contribution in [-0.4, -0.2) is 14.7 Å². The monoisotopic (exact) mass is 310 g/mol. The van der Waals surface area contributed by atoms with Gasteiger partial charge in [0.1, 0.15) is 6.20 Å². The van der Waals surface area contributed by atoms with E-state index in [2.05, 4.69) is 21.0 Å². The van der Waals surface area contributed by atoms with Crippen molar-refractivity contribution in [2.75, 3.05) is 5.73 Å². The van der Waals surface area contributed by atoms with Gasteiger partial charge in [0.15, 0.2) is 0 Å². The van der Waals surface area contributed by atoms with Crippen molar-refractivity contribution >= 4 is 27.4 Å². The third-order valence-electron chi connectivity index (χ3n) is 2.59. The topological polar surface area (TPSA) is 87.0 Å². The molecular weight excluding hydrogens is 300 g/mol. The molecule has 0 atom stereocenters. The fourth-order valence-corrected chi connectivity index (χ4v) is 2.21. The number of anilines is 1. The Balaban J connectivity index is 2.32. The third kappa shape index (κ3) is 2.35. The van der Waals surface area contributed by atoms with Gasteiger partial charge in [-0.05, 0) is 24.1 Å². The summed E-state index contributed by atoms with van der Waals surface area (Å²) >= 11 is 3.45. The lowest BCUT2D eigenvalue weighted by Crippen LogP contribution is -2.07. The van der Waals surface area contributed by atoms with Crippen molar-refractivity contribution in [1.29, 1.82) is 0 Å². The first-order chi connectivity index (χ1) is 8.49. The van der Waals surface area contributed by atoms with E-state index in [0.717, 1.165) is 21.8 Å². The molecule has 1 heterocycles. The number of nitro groups is 1. The fraction of sp³-hybridized carbons (Fsp3) is 0.182. The van der Waals surface area contributed by atoms with Gasteiger partial charge in [-0.2, -0.15) is 5.10 Å². The number of hydrogen-bond donors (Lipinski definition) is 1. The van der Waals surface area contributed by atoms with Gasteiger partial charge in [0.05, 0.1) is 11.5 Å². The van der Waals surface area contributed by atoms with Crippen molar-refractivity contribution in [2.45, 2.75) is 13.5 Å². The van der Waals surface area contributed by atoms with E-state index in [4.69, 9.17) is 5.73 Å². The number of nitrogens with two attached hydrogens (primary N) is 1. The van der Waals surface area contributed by atoms with Gasteiger partial charge in [-0.25, -0.2) is 4.68 Å². The van der Waals surface area contributed by atoms with Crippen molar-refractivity contribution in [2.24, 2.45) is 0 Å². The molecule has 2 aromatic rings. The lowest BCUT2D eigenvalue weighted by molar-refractivity contribution is -0.384. The highest BCUT2D eigenvalue weighted by atomic mass is 79.9. The molecule has 18 heavy (non-hydrogen) atoms. The highest BCUT2D eigenvalue weighted by Crippen LogP contribution is 2.24. The Morgan fingerprint density at radius 2 is 2.28 bits per heavy atom. The molecule has 7 heteroatoms. The summed E-state index contributed by atoms with van der Waals surface area (Å²) in [6.07, 6.45) is 1.16. The van der Waals surface area contributed by atoms with Gasteiger partial charge < -0.3 is 5.73 Å². The molecular formula is C11H11BrN4O2. The zero-order chi connectivity index (χ0) is 13.3. The van der Waals surface area contributed by atoms with Gasteiger partial charge in [0.2, 0.25) is 5.82 Å². The zero-order valence-electron chi connectivity index (χ0n) is 9.63. The molecule has 6 nitrogen and oxygen atoms in total. The van der Waals surface area contributed by atoms with E-state index in [9.17, 15) is 10.1 Å². The van der Waals surface area contributed by atoms with Crippen LogP contribution in [0.5, 0.6) is 0 Å². The standard InChI is InChI=1S/C11H11BrN4O2/c1-7-2-3-8(9(12)4-7)6-15-11(13)10(5-14-15)16(17)18/h2-5H,6,13H2,1H3. The first-order valence-corrected chi connectivity index (χ1v) is 5.99. The molecule has 0 spiro atoms. The van der Waals surface area contributed by atoms with E-state index in [1.165, 1.54) is 4.68 Å². The number of halogens is 1. The number of rotatable bonds is 3. The molecule has 0 saturated carbocycles. The number of nitrogens with zero attached hydrogens (tertiary/aromatic N) is 3. The Labute approximate surface area is 112 Å². The Morgan fingerprint density at radius 3 is 2.83 bits per heavy atom. The average molecular weight is 311 g/mol. The number of nitrogen functional groups attached to an aromatic ring is 1. The van der Waals surface area contributed by atoms with Crippen LogP contribution in [0.3, 0.4) is 0 Å². The number of aryl methyl sites for hydroxylation is 1. The molecule has 0 bridgehead atoms. The molecule has 2 rings (SSSR count). The third-order valence-corrected chi connectivity index (χ3v) is 3.32. The normalized spacial score (nSPS) is 10.6. The maximum atomic E-state index is 10.7. The smallest absolute Gasteiger partial charge is 0.330 e. The summed E-state index contributed by atoms with van der Waals surface area (Å²) in [7, 11) is 0. The Bertz CT molecular complexity index is 609. The minimum Gasteiger partial charge on any atom is -0.378 e. The van der Waals surface area contributed by atoms with Crippen molar-refractivity contribution in [3.05, 3.63) is 50.1 Å². The fourth-order valence-electron chi connectivity index (χ4n) is 1.59. The van der Waals surface area contributed by atoms with E-state index >= 15 is 0 Å². The summed E-state index contributed by atoms with van der Waals surface area (Å²) < 4.78 is 2.34. The second-order valence-electron chi connectivity index (χ2n) is 3.92. The molecule has 0 aliphatic rings. The van der Waals surface area contributed by atoms with Crippen LogP contribution in [0.2, 0.25) is 0 Å². The molecule has 0 unspecified atom stereocenters. The van der Waals surface area contributed by atoms with E-state index in [-0.39, 0.29) is 11.5 Å². The van der Waals surface area contributed by atoms with Crippen molar-refractivity contribution < 1.29 is 4.92 Å². The molecule has 94 valence electrons. The number of aromatic nitrogens is 2. The van der Waals surface area contributed by atoms with Crippen LogP contribution in [0, 0.1) is 17.0 Å². The molecule has 0 amide bonds. The molecule has 0 saturated heterocycles. The van der Waals surface area contributed by atoms with Crippen molar-refractivity contribution in [3.63, 3.8) is 0 Å². The van der Waals surface area contributed by atoms with Crippen LogP contribution in [-0.2, 0) is 6.54 Å². The van der Waals surface area contributed by atoms with Crippen molar-refractivity contribution in [1.82, 2.24) is 9.78 Å². The van der Waals surface area contributed by atoms with Gasteiger partial charge in [-0.1, -0.05) is 28.1 Å². The predicted molar refractivity (Wildman–Crippen MR) is 71.3 cm³/mol. The summed E-state index contributed by atoms with van der Waals surface area (Å²) in [6.45, 7) is 2.38. The van der Waals surface area contributed by atoms with Crippen LogP contribution in [0.25, 0.3) is 0 Å². The second-order valence-corrected chi connectivity index (χ2v) is 4.78. The predicted octanol–water partition coefficient (Wildman–Crippen LogP) is 2.49. The molecule has 0 fully saturated rings.